The normalized spacial score (nSPS) is 12.1. The zero-order valence-electron chi connectivity index (χ0n) is 22.1. The van der Waals surface area contributed by atoms with Gasteiger partial charge in [0, 0.05) is 22.8 Å². The van der Waals surface area contributed by atoms with Gasteiger partial charge >= 0.3 is 0 Å². The third-order valence-corrected chi connectivity index (χ3v) is 7.37. The van der Waals surface area contributed by atoms with E-state index < -0.39 is 29.3 Å². The Morgan fingerprint density at radius 1 is 1.13 bits per heavy atom. The zero-order valence-corrected chi connectivity index (χ0v) is 22.9. The van der Waals surface area contributed by atoms with Gasteiger partial charge in [0.15, 0.2) is 5.69 Å². The molecule has 2 aromatic carbocycles. The quantitative estimate of drug-likeness (QED) is 0.286. The zero-order chi connectivity index (χ0) is 28.3. The van der Waals surface area contributed by atoms with Crippen LogP contribution in [0.25, 0.3) is 10.9 Å². The summed E-state index contributed by atoms with van der Waals surface area (Å²) >= 11 is 0.754. The molecule has 0 spiro atoms. The summed E-state index contributed by atoms with van der Waals surface area (Å²) in [4.78, 5) is 45.8. The molecule has 39 heavy (non-hydrogen) atoms. The molecule has 0 aliphatic rings. The van der Waals surface area contributed by atoms with Crippen LogP contribution in [0, 0.1) is 0 Å². The van der Waals surface area contributed by atoms with E-state index in [-0.39, 0.29) is 16.3 Å². The third-order valence-electron chi connectivity index (χ3n) is 6.52. The van der Waals surface area contributed by atoms with Crippen LogP contribution in [0.4, 0.5) is 11.4 Å². The molecule has 0 saturated heterocycles. The van der Waals surface area contributed by atoms with Crippen molar-refractivity contribution in [1.82, 2.24) is 14.7 Å². The van der Waals surface area contributed by atoms with Crippen LogP contribution in [0.5, 0.6) is 5.75 Å². The molecule has 3 amide bonds. The van der Waals surface area contributed by atoms with E-state index in [0.717, 1.165) is 22.4 Å². The van der Waals surface area contributed by atoms with Gasteiger partial charge in [-0.25, -0.2) is 0 Å². The number of benzene rings is 2. The molecule has 202 valence electrons. The number of carbonyl (C=O) groups is 3. The van der Waals surface area contributed by atoms with E-state index in [1.165, 1.54) is 12.0 Å². The number of nitrogens with one attached hydrogen (secondary N) is 1. The number of carbonyl (C=O) groups excluding carboxylic acids is 3. The van der Waals surface area contributed by atoms with E-state index >= 15 is 0 Å². The van der Waals surface area contributed by atoms with Crippen LogP contribution < -0.4 is 26.4 Å². The summed E-state index contributed by atoms with van der Waals surface area (Å²) in [5.74, 6) is -1.28. The van der Waals surface area contributed by atoms with Crippen molar-refractivity contribution in [2.45, 2.75) is 38.8 Å². The highest BCUT2D eigenvalue weighted by Crippen LogP contribution is 2.35. The standard InChI is InChI=1S/C28H30N6O4S/c1-5-28(2,3)32-26(36)23(17-8-13-20-16(15-17)7-6-14-31-20)34(18-9-11-19(38-4)12-10-18)27(37)24-21(29)22(25(30)35)33-39-24/h6-15,23H,5,29H2,1-4H3,(H2,30,35)(H,32,36). The van der Waals surface area contributed by atoms with Crippen molar-refractivity contribution >= 4 is 51.5 Å². The Kier molecular flexibility index (Phi) is 7.82. The number of fused-ring (bicyclic) bond motifs is 1. The molecule has 1 unspecified atom stereocenters. The second kappa shape index (κ2) is 11.1. The van der Waals surface area contributed by atoms with Crippen LogP contribution in [0.2, 0.25) is 0 Å². The minimum atomic E-state index is -1.11. The van der Waals surface area contributed by atoms with Crippen molar-refractivity contribution in [3.05, 3.63) is 76.9 Å². The second-order valence-electron chi connectivity index (χ2n) is 9.60. The van der Waals surface area contributed by atoms with Gasteiger partial charge in [0.2, 0.25) is 5.91 Å². The maximum Gasteiger partial charge on any atom is 0.273 e. The molecule has 0 saturated carbocycles. The van der Waals surface area contributed by atoms with Gasteiger partial charge < -0.3 is 21.5 Å². The first-order valence-corrected chi connectivity index (χ1v) is 13.0. The summed E-state index contributed by atoms with van der Waals surface area (Å²) in [5, 5.41) is 3.88. The van der Waals surface area contributed by atoms with Crippen LogP contribution in [-0.2, 0) is 4.79 Å². The highest BCUT2D eigenvalue weighted by atomic mass is 32.1. The smallest absolute Gasteiger partial charge is 0.273 e. The molecule has 2 heterocycles. The predicted octanol–water partition coefficient (Wildman–Crippen LogP) is 4.07. The molecule has 2 aromatic heterocycles. The highest BCUT2D eigenvalue weighted by Gasteiger charge is 2.37. The van der Waals surface area contributed by atoms with Gasteiger partial charge in [0.25, 0.3) is 11.8 Å². The Morgan fingerprint density at radius 3 is 2.46 bits per heavy atom. The molecule has 0 fully saturated rings. The molecule has 4 rings (SSSR count). The number of amides is 3. The molecule has 4 aromatic rings. The van der Waals surface area contributed by atoms with Crippen LogP contribution in [-0.4, -0.2) is 39.7 Å². The molecular formula is C28H30N6O4S. The Bertz CT molecular complexity index is 1530. The third kappa shape index (κ3) is 5.68. The number of aromatic nitrogens is 2. The summed E-state index contributed by atoms with van der Waals surface area (Å²) in [6.45, 7) is 5.78. The Labute approximate surface area is 230 Å². The van der Waals surface area contributed by atoms with Gasteiger partial charge in [-0.05, 0) is 79.8 Å². The summed E-state index contributed by atoms with van der Waals surface area (Å²) in [5.41, 5.74) is 12.4. The van der Waals surface area contributed by atoms with Crippen LogP contribution in [0.3, 0.4) is 0 Å². The largest absolute Gasteiger partial charge is 0.497 e. The van der Waals surface area contributed by atoms with Crippen molar-refractivity contribution in [2.24, 2.45) is 5.73 Å². The number of hydrogen-bond acceptors (Lipinski definition) is 8. The van der Waals surface area contributed by atoms with Crippen molar-refractivity contribution in [1.29, 1.82) is 0 Å². The van der Waals surface area contributed by atoms with E-state index in [1.54, 1.807) is 48.7 Å². The minimum Gasteiger partial charge on any atom is -0.497 e. The minimum absolute atomic E-state index is 0.00498. The Balaban J connectivity index is 1.94. The number of anilines is 2. The summed E-state index contributed by atoms with van der Waals surface area (Å²) in [6.07, 6.45) is 2.35. The number of primary amides is 1. The van der Waals surface area contributed by atoms with Crippen molar-refractivity contribution < 1.29 is 19.1 Å². The fourth-order valence-corrected chi connectivity index (χ4v) is 4.78. The lowest BCUT2D eigenvalue weighted by Gasteiger charge is -2.34. The number of hydrogen-bond donors (Lipinski definition) is 3. The highest BCUT2D eigenvalue weighted by molar-refractivity contribution is 7.09. The van der Waals surface area contributed by atoms with E-state index in [1.807, 2.05) is 32.9 Å². The lowest BCUT2D eigenvalue weighted by molar-refractivity contribution is -0.124. The van der Waals surface area contributed by atoms with Gasteiger partial charge in [-0.2, -0.15) is 4.37 Å². The summed E-state index contributed by atoms with van der Waals surface area (Å²) in [6, 6.07) is 14.7. The van der Waals surface area contributed by atoms with Crippen molar-refractivity contribution in [3.8, 4) is 5.75 Å². The maximum absolute atomic E-state index is 14.2. The monoisotopic (exact) mass is 546 g/mol. The van der Waals surface area contributed by atoms with Gasteiger partial charge in [-0.3, -0.25) is 24.3 Å². The molecule has 0 radical (unpaired) electrons. The van der Waals surface area contributed by atoms with Crippen LogP contribution in [0.15, 0.2) is 60.8 Å². The maximum atomic E-state index is 14.2. The number of ether oxygens (including phenoxy) is 1. The van der Waals surface area contributed by atoms with Gasteiger partial charge in [-0.15, -0.1) is 0 Å². The predicted molar refractivity (Wildman–Crippen MR) is 152 cm³/mol. The number of nitrogens with zero attached hydrogens (tertiary/aromatic N) is 3. The fraction of sp³-hybridized carbons (Fsp3) is 0.250. The van der Waals surface area contributed by atoms with Crippen LogP contribution in [0.1, 0.15) is 59.0 Å². The number of rotatable bonds is 9. The number of nitrogens with two attached hydrogens (primary N) is 2. The van der Waals surface area contributed by atoms with E-state index in [0.29, 0.717) is 23.4 Å². The summed E-state index contributed by atoms with van der Waals surface area (Å²) < 4.78 is 9.29. The molecule has 11 heteroatoms. The molecule has 0 bridgehead atoms. The first-order chi connectivity index (χ1) is 18.6. The second-order valence-corrected chi connectivity index (χ2v) is 10.4. The molecule has 10 nitrogen and oxygen atoms in total. The van der Waals surface area contributed by atoms with E-state index in [9.17, 15) is 14.4 Å². The SMILES string of the molecule is CCC(C)(C)NC(=O)C(c1ccc2ncccc2c1)N(C(=O)c1snc(C(N)=O)c1N)c1ccc(OC)cc1. The topological polar surface area (TPSA) is 154 Å². The lowest BCUT2D eigenvalue weighted by atomic mass is 9.97. The fourth-order valence-electron chi connectivity index (χ4n) is 4.04. The average molecular weight is 547 g/mol. The Hall–Kier alpha value is -4.51. The van der Waals surface area contributed by atoms with Crippen molar-refractivity contribution in [3.63, 3.8) is 0 Å². The number of methoxy groups -OCH3 is 1. The van der Waals surface area contributed by atoms with Gasteiger partial charge in [0.1, 0.15) is 16.7 Å². The van der Waals surface area contributed by atoms with E-state index in [4.69, 9.17) is 16.2 Å². The van der Waals surface area contributed by atoms with Gasteiger partial charge in [-0.1, -0.05) is 19.1 Å². The van der Waals surface area contributed by atoms with E-state index in [2.05, 4.69) is 14.7 Å². The molecule has 0 aliphatic heterocycles. The summed E-state index contributed by atoms with van der Waals surface area (Å²) in [7, 11) is 1.54. The lowest BCUT2D eigenvalue weighted by Crippen LogP contribution is -2.50. The van der Waals surface area contributed by atoms with Crippen LogP contribution >= 0.6 is 11.5 Å². The molecular weight excluding hydrogens is 516 g/mol. The first kappa shape index (κ1) is 27.5. The van der Waals surface area contributed by atoms with Gasteiger partial charge in [0.05, 0.1) is 18.3 Å². The number of pyridine rings is 1. The molecule has 5 N–H and O–H groups in total. The average Bonchev–Trinajstić information content (AvgIpc) is 3.32. The first-order valence-electron chi connectivity index (χ1n) is 12.3. The Morgan fingerprint density at radius 2 is 1.85 bits per heavy atom. The molecule has 1 atom stereocenters. The van der Waals surface area contributed by atoms with Crippen molar-refractivity contribution in [2.75, 3.05) is 17.7 Å². The molecule has 0 aliphatic carbocycles. The number of nitrogen functional groups attached to an aromatic ring is 1.